The average molecular weight is 497 g/mol. The highest BCUT2D eigenvalue weighted by atomic mass is 32.1. The number of nitrogens with one attached hydrogen (secondary N) is 1. The van der Waals surface area contributed by atoms with Crippen LogP contribution in [0.1, 0.15) is 30.0 Å². The van der Waals surface area contributed by atoms with Gasteiger partial charge in [-0.1, -0.05) is 36.9 Å². The van der Waals surface area contributed by atoms with E-state index in [9.17, 15) is 18.0 Å². The molecule has 4 heterocycles. The molecule has 10 heteroatoms. The van der Waals surface area contributed by atoms with E-state index in [2.05, 4.69) is 23.3 Å². The number of aliphatic carboxylic acids is 1. The highest BCUT2D eigenvalue weighted by molar-refractivity contribution is 7.08. The topological polar surface area (TPSA) is 78.5 Å². The minimum absolute atomic E-state index is 0.00588. The van der Waals surface area contributed by atoms with E-state index in [1.807, 2.05) is 41.8 Å². The molecule has 3 saturated heterocycles. The zero-order valence-corrected chi connectivity index (χ0v) is 19.3. The van der Waals surface area contributed by atoms with Crippen LogP contribution in [0.2, 0.25) is 0 Å². The van der Waals surface area contributed by atoms with Crippen molar-refractivity contribution in [2.75, 3.05) is 26.2 Å². The van der Waals surface area contributed by atoms with E-state index in [1.165, 1.54) is 13.1 Å². The summed E-state index contributed by atoms with van der Waals surface area (Å²) in [6.07, 6.45) is -1.22. The summed E-state index contributed by atoms with van der Waals surface area (Å²) in [5.41, 5.74) is 2.16. The molecule has 0 spiro atoms. The first-order valence-corrected chi connectivity index (χ1v) is 11.9. The summed E-state index contributed by atoms with van der Waals surface area (Å²) in [5, 5.41) is 16.0. The molecule has 1 amide bonds. The van der Waals surface area contributed by atoms with Gasteiger partial charge in [0.1, 0.15) is 12.5 Å². The fourth-order valence-corrected chi connectivity index (χ4v) is 5.30. The van der Waals surface area contributed by atoms with Crippen LogP contribution >= 0.6 is 11.3 Å². The Bertz CT molecular complexity index is 958. The Morgan fingerprint density at radius 2 is 1.85 bits per heavy atom. The summed E-state index contributed by atoms with van der Waals surface area (Å²) < 4.78 is 38.5. The summed E-state index contributed by atoms with van der Waals surface area (Å²) in [5.74, 6) is -2.51. The Morgan fingerprint density at radius 1 is 1.21 bits per heavy atom. The van der Waals surface area contributed by atoms with Gasteiger partial charge in [-0.3, -0.25) is 0 Å². The number of hydrogen-bond donors (Lipinski definition) is 1. The maximum atomic E-state index is 12.8. The van der Waals surface area contributed by atoms with Crippen LogP contribution in [0.25, 0.3) is 0 Å². The number of halogens is 3. The predicted octanol–water partition coefficient (Wildman–Crippen LogP) is 3.66. The van der Waals surface area contributed by atoms with Crippen LogP contribution in [0, 0.1) is 5.92 Å². The molecule has 0 aliphatic carbocycles. The number of rotatable bonds is 6. The molecule has 184 valence electrons. The van der Waals surface area contributed by atoms with E-state index in [1.54, 1.807) is 11.3 Å². The standard InChI is InChI=1S/C22H26N2O2S.C2HF3O2/c1-2-11-24-12-8-17(9-13-24)20(15-24)26-22(25)23-21(19-10-14-27-16-19)18-6-4-3-5-7-18;3-2(4,5)1(6)7/h2-7,10,14,16-17,20-21H,1,8-9,11-13,15H2;(H,6,7)/t17?,20?,21-,24?;/m1./s1. The number of quaternary nitrogens is 1. The van der Waals surface area contributed by atoms with Gasteiger partial charge >= 0.3 is 12.3 Å². The number of amides is 1. The minimum Gasteiger partial charge on any atom is -0.542 e. The second-order valence-corrected chi connectivity index (χ2v) is 9.33. The quantitative estimate of drug-likeness (QED) is 0.489. The third-order valence-corrected chi connectivity index (χ3v) is 7.02. The highest BCUT2D eigenvalue weighted by Gasteiger charge is 2.47. The number of ether oxygens (including phenoxy) is 1. The molecule has 3 aliphatic heterocycles. The molecule has 1 aromatic heterocycles. The van der Waals surface area contributed by atoms with Crippen molar-refractivity contribution >= 4 is 23.4 Å². The van der Waals surface area contributed by atoms with Gasteiger partial charge in [-0.2, -0.15) is 24.5 Å². The van der Waals surface area contributed by atoms with Gasteiger partial charge in [0.15, 0.2) is 6.10 Å². The van der Waals surface area contributed by atoms with E-state index in [4.69, 9.17) is 14.6 Å². The van der Waals surface area contributed by atoms with Crippen molar-refractivity contribution in [3.63, 3.8) is 0 Å². The van der Waals surface area contributed by atoms with Crippen LogP contribution in [0.5, 0.6) is 0 Å². The molecule has 2 bridgehead atoms. The van der Waals surface area contributed by atoms with E-state index in [0.717, 1.165) is 41.5 Å². The number of carbonyl (C=O) groups excluding carboxylic acids is 2. The first-order valence-electron chi connectivity index (χ1n) is 10.9. The number of benzene rings is 1. The van der Waals surface area contributed by atoms with Gasteiger partial charge in [0.05, 0.1) is 25.7 Å². The maximum absolute atomic E-state index is 12.8. The zero-order chi connectivity index (χ0) is 24.8. The Morgan fingerprint density at radius 3 is 2.38 bits per heavy atom. The van der Waals surface area contributed by atoms with E-state index in [-0.39, 0.29) is 18.2 Å². The minimum atomic E-state index is -5.19. The fourth-order valence-electron chi connectivity index (χ4n) is 4.62. The zero-order valence-electron chi connectivity index (χ0n) is 18.5. The van der Waals surface area contributed by atoms with Gasteiger partial charge in [0.2, 0.25) is 0 Å². The fraction of sp³-hybridized carbons (Fsp3) is 0.417. The van der Waals surface area contributed by atoms with Gasteiger partial charge in [-0.05, 0) is 34.0 Å². The lowest BCUT2D eigenvalue weighted by Gasteiger charge is -2.51. The molecule has 3 fully saturated rings. The van der Waals surface area contributed by atoms with Crippen molar-refractivity contribution in [1.29, 1.82) is 0 Å². The van der Waals surface area contributed by atoms with Crippen LogP contribution in [0.4, 0.5) is 18.0 Å². The molecule has 0 radical (unpaired) electrons. The molecular weight excluding hydrogens is 469 g/mol. The number of hydrogen-bond acceptors (Lipinski definition) is 5. The number of nitrogens with zero attached hydrogens (tertiary/aromatic N) is 1. The average Bonchev–Trinajstić information content (AvgIpc) is 3.33. The number of fused-ring (bicyclic) bond motifs is 3. The van der Waals surface area contributed by atoms with Gasteiger partial charge in [0, 0.05) is 18.8 Å². The van der Waals surface area contributed by atoms with Crippen molar-refractivity contribution in [3.05, 3.63) is 70.9 Å². The molecule has 3 aliphatic rings. The first kappa shape index (κ1) is 25.8. The second kappa shape index (κ2) is 11.1. The summed E-state index contributed by atoms with van der Waals surface area (Å²) in [4.78, 5) is 21.6. The monoisotopic (exact) mass is 496 g/mol. The Labute approximate surface area is 200 Å². The molecule has 1 aromatic carbocycles. The van der Waals surface area contributed by atoms with E-state index < -0.39 is 12.1 Å². The molecule has 5 rings (SSSR count). The lowest BCUT2D eigenvalue weighted by atomic mass is 9.83. The number of carboxylic acids is 1. The smallest absolute Gasteiger partial charge is 0.430 e. The van der Waals surface area contributed by atoms with Gasteiger partial charge in [-0.15, -0.1) is 0 Å². The molecule has 34 heavy (non-hydrogen) atoms. The lowest BCUT2D eigenvalue weighted by molar-refractivity contribution is -0.941. The predicted molar refractivity (Wildman–Crippen MR) is 120 cm³/mol. The van der Waals surface area contributed by atoms with Crippen LogP contribution in [0.15, 0.2) is 59.8 Å². The van der Waals surface area contributed by atoms with E-state index >= 15 is 0 Å². The maximum Gasteiger partial charge on any atom is 0.430 e. The number of thiophene rings is 1. The Balaban J connectivity index is 0.000000406. The van der Waals surface area contributed by atoms with Crippen molar-refractivity contribution in [3.8, 4) is 0 Å². The molecule has 1 N–H and O–H groups in total. The molecular formula is C24H27F3N2O4S. The van der Waals surface area contributed by atoms with Crippen molar-refractivity contribution in [2.24, 2.45) is 5.92 Å². The molecule has 1 unspecified atom stereocenters. The first-order chi connectivity index (χ1) is 16.1. The van der Waals surface area contributed by atoms with Gasteiger partial charge in [-0.25, -0.2) is 4.79 Å². The SMILES string of the molecule is C=CC[N+]12CCC(CC1)C(OC(=O)N[C@H](c1ccccc1)c1ccsc1)C2.O=C([O-])C(F)(F)F. The van der Waals surface area contributed by atoms with Crippen molar-refractivity contribution < 1.29 is 37.1 Å². The number of piperidine rings is 3. The van der Waals surface area contributed by atoms with E-state index in [0.29, 0.717) is 5.92 Å². The molecule has 2 aromatic rings. The largest absolute Gasteiger partial charge is 0.542 e. The molecule has 2 atom stereocenters. The van der Waals surface area contributed by atoms with Crippen molar-refractivity contribution in [2.45, 2.75) is 31.2 Å². The lowest BCUT2D eigenvalue weighted by Crippen LogP contribution is -2.64. The normalized spacial score (nSPS) is 24.3. The summed E-state index contributed by atoms with van der Waals surface area (Å²) in [6, 6.07) is 11.9. The second-order valence-electron chi connectivity index (χ2n) is 8.55. The van der Waals surface area contributed by atoms with Crippen LogP contribution < -0.4 is 10.4 Å². The third kappa shape index (κ3) is 6.60. The van der Waals surface area contributed by atoms with Crippen molar-refractivity contribution in [1.82, 2.24) is 5.32 Å². The van der Waals surface area contributed by atoms with Gasteiger partial charge < -0.3 is 24.4 Å². The summed E-state index contributed by atoms with van der Waals surface area (Å²) in [6.45, 7) is 8.16. The van der Waals surface area contributed by atoms with Crippen LogP contribution in [-0.4, -0.2) is 55.0 Å². The summed E-state index contributed by atoms with van der Waals surface area (Å²) in [7, 11) is 0. The Kier molecular flexibility index (Phi) is 8.37. The molecule has 0 saturated carbocycles. The number of alkyl halides is 3. The number of carbonyl (C=O) groups is 2. The summed E-state index contributed by atoms with van der Waals surface area (Å²) >= 11 is 1.64. The number of carboxylic acid groups (broad SMARTS) is 1. The van der Waals surface area contributed by atoms with Gasteiger partial charge in [0.25, 0.3) is 0 Å². The number of alkyl carbamates (subject to hydrolysis) is 1. The highest BCUT2D eigenvalue weighted by Crippen LogP contribution is 2.35. The Hall–Kier alpha value is -2.85. The molecule has 6 nitrogen and oxygen atoms in total. The van der Waals surface area contributed by atoms with Crippen LogP contribution in [-0.2, 0) is 9.53 Å². The van der Waals surface area contributed by atoms with Crippen LogP contribution in [0.3, 0.4) is 0 Å². The third-order valence-electron chi connectivity index (χ3n) is 6.32.